The van der Waals surface area contributed by atoms with Crippen LogP contribution in [0.4, 0.5) is 5.69 Å². The number of hydrogen-bond acceptors (Lipinski definition) is 4. The molecule has 16 heavy (non-hydrogen) atoms. The van der Waals surface area contributed by atoms with Crippen LogP contribution in [0.15, 0.2) is 18.3 Å². The number of anilines is 1. The van der Waals surface area contributed by atoms with Gasteiger partial charge in [0, 0.05) is 19.3 Å². The zero-order chi connectivity index (χ0) is 11.2. The van der Waals surface area contributed by atoms with Crippen LogP contribution in [0.2, 0.25) is 0 Å². The standard InChI is InChI=1S/C12H19N3O/c13-11-4-1-6-15-12(11)9-14-7-5-10-3-2-8-16-10/h1,4,6,10,14H,2-3,5,7-9,13H2. The number of hydrogen-bond donors (Lipinski definition) is 2. The van der Waals surface area contributed by atoms with Crippen LogP contribution in [0.1, 0.15) is 25.0 Å². The van der Waals surface area contributed by atoms with Gasteiger partial charge in [-0.1, -0.05) is 0 Å². The van der Waals surface area contributed by atoms with Crippen molar-refractivity contribution in [3.8, 4) is 0 Å². The molecule has 1 aromatic heterocycles. The Bertz CT molecular complexity index is 324. The third kappa shape index (κ3) is 3.18. The molecule has 4 nitrogen and oxygen atoms in total. The molecule has 88 valence electrons. The molecule has 4 heteroatoms. The number of pyridine rings is 1. The number of aromatic nitrogens is 1. The topological polar surface area (TPSA) is 60.2 Å². The number of nitrogens with one attached hydrogen (secondary N) is 1. The minimum atomic E-state index is 0.452. The van der Waals surface area contributed by atoms with Crippen LogP contribution in [-0.4, -0.2) is 24.2 Å². The Labute approximate surface area is 96.2 Å². The molecule has 0 aromatic carbocycles. The van der Waals surface area contributed by atoms with Gasteiger partial charge >= 0.3 is 0 Å². The van der Waals surface area contributed by atoms with E-state index < -0.39 is 0 Å². The van der Waals surface area contributed by atoms with E-state index in [0.717, 1.165) is 37.5 Å². The van der Waals surface area contributed by atoms with E-state index in [1.165, 1.54) is 12.8 Å². The summed E-state index contributed by atoms with van der Waals surface area (Å²) in [5, 5.41) is 3.35. The van der Waals surface area contributed by atoms with Crippen molar-refractivity contribution in [3.05, 3.63) is 24.0 Å². The van der Waals surface area contributed by atoms with Crippen LogP contribution in [-0.2, 0) is 11.3 Å². The monoisotopic (exact) mass is 221 g/mol. The number of ether oxygens (including phenoxy) is 1. The summed E-state index contributed by atoms with van der Waals surface area (Å²) in [5.74, 6) is 0. The average Bonchev–Trinajstić information content (AvgIpc) is 2.79. The number of rotatable bonds is 5. The maximum Gasteiger partial charge on any atom is 0.0770 e. The second-order valence-electron chi connectivity index (χ2n) is 4.14. The predicted octanol–water partition coefficient (Wildman–Crippen LogP) is 1.32. The second kappa shape index (κ2) is 5.82. The van der Waals surface area contributed by atoms with Gasteiger partial charge in [-0.25, -0.2) is 0 Å². The van der Waals surface area contributed by atoms with Crippen molar-refractivity contribution in [3.63, 3.8) is 0 Å². The van der Waals surface area contributed by atoms with E-state index in [1.54, 1.807) is 6.20 Å². The Hall–Kier alpha value is -1.13. The van der Waals surface area contributed by atoms with Crippen molar-refractivity contribution in [1.82, 2.24) is 10.3 Å². The quantitative estimate of drug-likeness (QED) is 0.736. The van der Waals surface area contributed by atoms with E-state index in [2.05, 4.69) is 10.3 Å². The molecule has 1 saturated heterocycles. The number of nitrogens with two attached hydrogens (primary N) is 1. The van der Waals surface area contributed by atoms with Crippen molar-refractivity contribution >= 4 is 5.69 Å². The fraction of sp³-hybridized carbons (Fsp3) is 0.583. The summed E-state index contributed by atoms with van der Waals surface area (Å²) in [5.41, 5.74) is 7.48. The third-order valence-electron chi connectivity index (χ3n) is 2.88. The first kappa shape index (κ1) is 11.4. The summed E-state index contributed by atoms with van der Waals surface area (Å²) in [6.07, 6.45) is 5.71. The molecule has 0 radical (unpaired) electrons. The Morgan fingerprint density at radius 3 is 3.25 bits per heavy atom. The van der Waals surface area contributed by atoms with E-state index in [-0.39, 0.29) is 0 Å². The van der Waals surface area contributed by atoms with Crippen molar-refractivity contribution in [1.29, 1.82) is 0 Å². The highest BCUT2D eigenvalue weighted by Crippen LogP contribution is 2.14. The molecule has 1 aromatic rings. The van der Waals surface area contributed by atoms with Crippen LogP contribution in [0, 0.1) is 0 Å². The highest BCUT2D eigenvalue weighted by atomic mass is 16.5. The zero-order valence-corrected chi connectivity index (χ0v) is 9.48. The summed E-state index contributed by atoms with van der Waals surface area (Å²) in [6.45, 7) is 2.62. The van der Waals surface area contributed by atoms with Crippen LogP contribution in [0.25, 0.3) is 0 Å². The van der Waals surface area contributed by atoms with Crippen molar-refractivity contribution in [2.75, 3.05) is 18.9 Å². The molecule has 1 aliphatic rings. The van der Waals surface area contributed by atoms with Crippen LogP contribution in [0.5, 0.6) is 0 Å². The molecule has 0 saturated carbocycles. The Morgan fingerprint density at radius 2 is 2.50 bits per heavy atom. The number of nitrogens with zero attached hydrogens (tertiary/aromatic N) is 1. The predicted molar refractivity (Wildman–Crippen MR) is 63.9 cm³/mol. The maximum atomic E-state index is 5.80. The van der Waals surface area contributed by atoms with E-state index in [4.69, 9.17) is 10.5 Å². The van der Waals surface area contributed by atoms with Crippen LogP contribution < -0.4 is 11.1 Å². The molecule has 1 fully saturated rings. The van der Waals surface area contributed by atoms with Gasteiger partial charge in [-0.3, -0.25) is 4.98 Å². The highest BCUT2D eigenvalue weighted by molar-refractivity contribution is 5.41. The lowest BCUT2D eigenvalue weighted by molar-refractivity contribution is 0.104. The van der Waals surface area contributed by atoms with Crippen LogP contribution >= 0.6 is 0 Å². The van der Waals surface area contributed by atoms with E-state index in [9.17, 15) is 0 Å². The highest BCUT2D eigenvalue weighted by Gasteiger charge is 2.14. The normalized spacial score (nSPS) is 20.1. The molecule has 0 bridgehead atoms. The summed E-state index contributed by atoms with van der Waals surface area (Å²) in [6, 6.07) is 3.73. The fourth-order valence-corrected chi connectivity index (χ4v) is 1.94. The van der Waals surface area contributed by atoms with Gasteiger partial charge in [0.05, 0.1) is 17.5 Å². The minimum Gasteiger partial charge on any atom is -0.397 e. The number of nitrogen functional groups attached to an aromatic ring is 1. The lowest BCUT2D eigenvalue weighted by atomic mass is 10.2. The molecule has 0 aliphatic carbocycles. The largest absolute Gasteiger partial charge is 0.397 e. The molecule has 1 aliphatic heterocycles. The SMILES string of the molecule is Nc1cccnc1CNCCC1CCCO1. The van der Waals surface area contributed by atoms with Crippen molar-refractivity contribution in [2.45, 2.75) is 31.9 Å². The molecule has 0 amide bonds. The molecule has 2 rings (SSSR count). The van der Waals surface area contributed by atoms with Gasteiger partial charge in [0.2, 0.25) is 0 Å². The van der Waals surface area contributed by atoms with Gasteiger partial charge in [-0.15, -0.1) is 0 Å². The van der Waals surface area contributed by atoms with Gasteiger partial charge in [0.1, 0.15) is 0 Å². The van der Waals surface area contributed by atoms with Gasteiger partial charge in [-0.2, -0.15) is 0 Å². The van der Waals surface area contributed by atoms with Crippen LogP contribution in [0.3, 0.4) is 0 Å². The summed E-state index contributed by atoms with van der Waals surface area (Å²) < 4.78 is 5.55. The van der Waals surface area contributed by atoms with Gasteiger partial charge in [0.15, 0.2) is 0 Å². The average molecular weight is 221 g/mol. The molecular formula is C12H19N3O. The van der Waals surface area contributed by atoms with E-state index in [1.807, 2.05) is 12.1 Å². The maximum absolute atomic E-state index is 5.80. The van der Waals surface area contributed by atoms with Gasteiger partial charge in [-0.05, 0) is 37.9 Å². The molecule has 1 atom stereocenters. The zero-order valence-electron chi connectivity index (χ0n) is 9.48. The van der Waals surface area contributed by atoms with E-state index in [0.29, 0.717) is 6.10 Å². The summed E-state index contributed by atoms with van der Waals surface area (Å²) in [4.78, 5) is 4.23. The second-order valence-corrected chi connectivity index (χ2v) is 4.14. The first-order valence-corrected chi connectivity index (χ1v) is 5.88. The van der Waals surface area contributed by atoms with Gasteiger partial charge < -0.3 is 15.8 Å². The molecule has 0 spiro atoms. The Balaban J connectivity index is 1.66. The molecular weight excluding hydrogens is 202 g/mol. The Kier molecular flexibility index (Phi) is 4.13. The minimum absolute atomic E-state index is 0.452. The van der Waals surface area contributed by atoms with E-state index >= 15 is 0 Å². The summed E-state index contributed by atoms with van der Waals surface area (Å²) >= 11 is 0. The van der Waals surface area contributed by atoms with Gasteiger partial charge in [0.25, 0.3) is 0 Å². The fourth-order valence-electron chi connectivity index (χ4n) is 1.94. The molecule has 2 heterocycles. The third-order valence-corrected chi connectivity index (χ3v) is 2.88. The summed E-state index contributed by atoms with van der Waals surface area (Å²) in [7, 11) is 0. The lowest BCUT2D eigenvalue weighted by Crippen LogP contribution is -2.20. The first-order chi connectivity index (χ1) is 7.86. The Morgan fingerprint density at radius 1 is 1.56 bits per heavy atom. The van der Waals surface area contributed by atoms with Crippen molar-refractivity contribution in [2.24, 2.45) is 0 Å². The van der Waals surface area contributed by atoms with Crippen molar-refractivity contribution < 1.29 is 4.74 Å². The first-order valence-electron chi connectivity index (χ1n) is 5.88. The molecule has 1 unspecified atom stereocenters. The molecule has 3 N–H and O–H groups in total. The lowest BCUT2D eigenvalue weighted by Gasteiger charge is -2.10. The smallest absolute Gasteiger partial charge is 0.0770 e.